The molecule has 24 heavy (non-hydrogen) atoms. The van der Waals surface area contributed by atoms with Crippen molar-refractivity contribution >= 4 is 12.4 Å². The molecule has 2 aromatic rings. The van der Waals surface area contributed by atoms with Gasteiger partial charge in [-0.2, -0.15) is 0 Å². The summed E-state index contributed by atoms with van der Waals surface area (Å²) in [5, 5.41) is 12.2. The lowest BCUT2D eigenvalue weighted by Crippen LogP contribution is -2.13. The second-order valence-electron chi connectivity index (χ2n) is 4.97. The molecule has 5 nitrogen and oxygen atoms in total. The van der Waals surface area contributed by atoms with Crippen LogP contribution in [0.3, 0.4) is 0 Å². The predicted octanol–water partition coefficient (Wildman–Crippen LogP) is 2.79. The molecule has 0 radical (unpaired) electrons. The van der Waals surface area contributed by atoms with Crippen LogP contribution >= 0.6 is 12.4 Å². The Bertz CT molecular complexity index is 622. The molecule has 132 valence electrons. The molecule has 0 saturated carbocycles. The zero-order valence-corrected chi connectivity index (χ0v) is 14.8. The summed E-state index contributed by atoms with van der Waals surface area (Å²) >= 11 is 0. The molecule has 0 unspecified atom stereocenters. The molecular formula is C18H24ClNO4. The maximum absolute atomic E-state index is 8.83. The highest BCUT2D eigenvalue weighted by atomic mass is 35.5. The number of benzene rings is 2. The van der Waals surface area contributed by atoms with E-state index in [9.17, 15) is 0 Å². The second kappa shape index (κ2) is 10.8. The highest BCUT2D eigenvalue weighted by molar-refractivity contribution is 5.85. The first-order valence-electron chi connectivity index (χ1n) is 7.51. The lowest BCUT2D eigenvalue weighted by atomic mass is 10.1. The molecule has 0 bridgehead atoms. The first-order chi connectivity index (χ1) is 11.3. The molecule has 0 aliphatic rings. The fourth-order valence-electron chi connectivity index (χ4n) is 2.29. The third kappa shape index (κ3) is 5.60. The van der Waals surface area contributed by atoms with Gasteiger partial charge in [-0.15, -0.1) is 12.4 Å². The van der Waals surface area contributed by atoms with Gasteiger partial charge in [0.1, 0.15) is 12.4 Å². The number of hydrogen-bond donors (Lipinski definition) is 2. The van der Waals surface area contributed by atoms with Crippen LogP contribution in [0.2, 0.25) is 0 Å². The van der Waals surface area contributed by atoms with E-state index in [1.165, 1.54) is 0 Å². The number of methoxy groups -OCH3 is 2. The van der Waals surface area contributed by atoms with Crippen molar-refractivity contribution in [2.24, 2.45) is 0 Å². The highest BCUT2D eigenvalue weighted by Crippen LogP contribution is 2.28. The minimum absolute atomic E-state index is 0. The Hall–Kier alpha value is -1.95. The fraction of sp³-hybridized carbons (Fsp3) is 0.333. The summed E-state index contributed by atoms with van der Waals surface area (Å²) in [5.74, 6) is 2.18. The van der Waals surface area contributed by atoms with E-state index in [1.807, 2.05) is 42.5 Å². The van der Waals surface area contributed by atoms with E-state index in [0.717, 1.165) is 23.4 Å². The number of ether oxygens (including phenoxy) is 3. The van der Waals surface area contributed by atoms with Crippen LogP contribution < -0.4 is 19.5 Å². The molecule has 0 fully saturated rings. The molecule has 0 heterocycles. The normalized spacial score (nSPS) is 9.96. The molecule has 0 aliphatic heterocycles. The number of aliphatic hydroxyl groups excluding tert-OH is 1. The lowest BCUT2D eigenvalue weighted by Gasteiger charge is -2.13. The molecule has 0 atom stereocenters. The summed E-state index contributed by atoms with van der Waals surface area (Å²) in [5.41, 5.74) is 2.21. The summed E-state index contributed by atoms with van der Waals surface area (Å²) in [7, 11) is 3.28. The lowest BCUT2D eigenvalue weighted by molar-refractivity contribution is 0.196. The topological polar surface area (TPSA) is 60.0 Å². The first-order valence-corrected chi connectivity index (χ1v) is 7.51. The van der Waals surface area contributed by atoms with Gasteiger partial charge in [0.15, 0.2) is 11.5 Å². The van der Waals surface area contributed by atoms with Gasteiger partial charge in [0.25, 0.3) is 0 Å². The Morgan fingerprint density at radius 2 is 1.67 bits per heavy atom. The summed E-state index contributed by atoms with van der Waals surface area (Å²) in [4.78, 5) is 0. The van der Waals surface area contributed by atoms with Crippen molar-refractivity contribution in [2.75, 3.05) is 27.4 Å². The van der Waals surface area contributed by atoms with Crippen LogP contribution in [0.25, 0.3) is 0 Å². The average Bonchev–Trinajstić information content (AvgIpc) is 2.60. The van der Waals surface area contributed by atoms with E-state index in [1.54, 1.807) is 14.2 Å². The van der Waals surface area contributed by atoms with Crippen LogP contribution in [0, 0.1) is 0 Å². The zero-order valence-electron chi connectivity index (χ0n) is 14.0. The Balaban J connectivity index is 0.00000288. The largest absolute Gasteiger partial charge is 0.496 e. The first kappa shape index (κ1) is 20.1. The van der Waals surface area contributed by atoms with Crippen molar-refractivity contribution in [2.45, 2.75) is 13.1 Å². The fourth-order valence-corrected chi connectivity index (χ4v) is 2.29. The van der Waals surface area contributed by atoms with Crippen molar-refractivity contribution < 1.29 is 19.3 Å². The summed E-state index contributed by atoms with van der Waals surface area (Å²) in [6, 6.07) is 13.7. The van der Waals surface area contributed by atoms with E-state index >= 15 is 0 Å². The van der Waals surface area contributed by atoms with Crippen molar-refractivity contribution in [1.82, 2.24) is 5.32 Å². The van der Waals surface area contributed by atoms with Gasteiger partial charge in [-0.05, 0) is 23.8 Å². The van der Waals surface area contributed by atoms with Crippen LogP contribution in [0.4, 0.5) is 0 Å². The van der Waals surface area contributed by atoms with Crippen LogP contribution in [0.15, 0.2) is 42.5 Å². The molecular weight excluding hydrogens is 330 g/mol. The number of aliphatic hydroxyl groups is 1. The number of hydrogen-bond acceptors (Lipinski definition) is 5. The smallest absolute Gasteiger partial charge is 0.161 e. The van der Waals surface area contributed by atoms with Crippen LogP contribution in [0.5, 0.6) is 17.2 Å². The van der Waals surface area contributed by atoms with Crippen molar-refractivity contribution in [3.63, 3.8) is 0 Å². The number of nitrogens with one attached hydrogen (secondary N) is 1. The molecule has 2 aromatic carbocycles. The molecule has 0 spiro atoms. The van der Waals surface area contributed by atoms with Crippen LogP contribution in [-0.4, -0.2) is 32.5 Å². The Morgan fingerprint density at radius 1 is 0.917 bits per heavy atom. The van der Waals surface area contributed by atoms with Gasteiger partial charge in [-0.25, -0.2) is 0 Å². The maximum Gasteiger partial charge on any atom is 0.161 e. The van der Waals surface area contributed by atoms with E-state index in [4.69, 9.17) is 19.3 Å². The van der Waals surface area contributed by atoms with E-state index in [2.05, 4.69) is 5.32 Å². The maximum atomic E-state index is 8.83. The quantitative estimate of drug-likeness (QED) is 0.726. The van der Waals surface area contributed by atoms with Gasteiger partial charge in [0, 0.05) is 18.7 Å². The number of rotatable bonds is 9. The predicted molar refractivity (Wildman–Crippen MR) is 96.4 cm³/mol. The van der Waals surface area contributed by atoms with E-state index in [0.29, 0.717) is 18.0 Å². The number of para-hydroxylation sites is 1. The van der Waals surface area contributed by atoms with Gasteiger partial charge >= 0.3 is 0 Å². The van der Waals surface area contributed by atoms with Crippen molar-refractivity contribution in [3.05, 3.63) is 53.6 Å². The van der Waals surface area contributed by atoms with E-state index < -0.39 is 0 Å². The average molecular weight is 354 g/mol. The molecule has 2 N–H and O–H groups in total. The van der Waals surface area contributed by atoms with Crippen LogP contribution in [-0.2, 0) is 13.1 Å². The Kier molecular flexibility index (Phi) is 9.01. The second-order valence-corrected chi connectivity index (χ2v) is 4.97. The van der Waals surface area contributed by atoms with Gasteiger partial charge in [0.2, 0.25) is 0 Å². The highest BCUT2D eigenvalue weighted by Gasteiger charge is 2.06. The third-order valence-electron chi connectivity index (χ3n) is 3.41. The van der Waals surface area contributed by atoms with Gasteiger partial charge < -0.3 is 24.6 Å². The molecule has 2 rings (SSSR count). The standard InChI is InChI=1S/C18H23NO4.ClH/c1-21-16-6-4-3-5-15(16)13-19-12-14-7-8-17(23-10-9-20)18(11-14)22-2;/h3-8,11,19-20H,9-10,12-13H2,1-2H3;1H. The van der Waals surface area contributed by atoms with Gasteiger partial charge in [-0.1, -0.05) is 24.3 Å². The summed E-state index contributed by atoms with van der Waals surface area (Å²) < 4.78 is 16.1. The minimum atomic E-state index is -0.0225. The monoisotopic (exact) mass is 353 g/mol. The van der Waals surface area contributed by atoms with Crippen molar-refractivity contribution in [3.8, 4) is 17.2 Å². The molecule has 0 saturated heterocycles. The van der Waals surface area contributed by atoms with Gasteiger partial charge in [-0.3, -0.25) is 0 Å². The SMILES string of the molecule is COc1ccccc1CNCc1ccc(OCCO)c(OC)c1.Cl. The minimum Gasteiger partial charge on any atom is -0.496 e. The van der Waals surface area contributed by atoms with Crippen LogP contribution in [0.1, 0.15) is 11.1 Å². The van der Waals surface area contributed by atoms with E-state index in [-0.39, 0.29) is 25.6 Å². The molecule has 0 aliphatic carbocycles. The summed E-state index contributed by atoms with van der Waals surface area (Å²) in [6.07, 6.45) is 0. The number of halogens is 1. The van der Waals surface area contributed by atoms with Gasteiger partial charge in [0.05, 0.1) is 20.8 Å². The molecule has 6 heteroatoms. The Labute approximate surface area is 149 Å². The molecule has 0 amide bonds. The molecule has 0 aromatic heterocycles. The Morgan fingerprint density at radius 3 is 2.38 bits per heavy atom. The zero-order chi connectivity index (χ0) is 16.5. The van der Waals surface area contributed by atoms with Crippen molar-refractivity contribution in [1.29, 1.82) is 0 Å². The summed E-state index contributed by atoms with van der Waals surface area (Å²) in [6.45, 7) is 1.65. The third-order valence-corrected chi connectivity index (χ3v) is 3.41.